The SMILES string of the molecule is COC(=O)C(C[C@H](NC(=O)OC(C)(C)C)C(=O)OC)OCC[18F].COC(=O)[C@@H]1C[C@@H](OCC[18F])C(=O)N1C(=O)OC(C)(C)C.N[C@@H](CC(OCC[18F])C(=O)O)C(=O)O. The highest BCUT2D eigenvalue weighted by atomic mass is 18.2. The number of ether oxygens (including phenoxy) is 8. The van der Waals surface area contributed by atoms with Gasteiger partial charge in [-0.25, -0.2) is 46.8 Å². The number of hydrogen-bond donors (Lipinski definition) is 4. The fourth-order valence-electron chi connectivity index (χ4n) is 4.24. The molecule has 0 bridgehead atoms. The van der Waals surface area contributed by atoms with Crippen LogP contribution in [0.4, 0.5) is 22.8 Å². The van der Waals surface area contributed by atoms with Gasteiger partial charge in [0, 0.05) is 19.3 Å². The summed E-state index contributed by atoms with van der Waals surface area (Å²) in [5.74, 6) is -5.74. The molecule has 336 valence electrons. The molecule has 0 aromatic heterocycles. The Morgan fingerprint density at radius 1 is 0.759 bits per heavy atom. The van der Waals surface area contributed by atoms with Crippen molar-refractivity contribution in [1.82, 2.24) is 10.2 Å². The maximum absolute atomic E-state index is 12.2. The number of methoxy groups -OCH3 is 3. The number of rotatable bonds is 19. The van der Waals surface area contributed by atoms with Crippen molar-refractivity contribution in [3.8, 4) is 0 Å². The van der Waals surface area contributed by atoms with Gasteiger partial charge in [-0.3, -0.25) is 9.59 Å². The summed E-state index contributed by atoms with van der Waals surface area (Å²) < 4.78 is 74.4. The number of esters is 3. The Morgan fingerprint density at radius 2 is 1.26 bits per heavy atom. The van der Waals surface area contributed by atoms with Gasteiger partial charge in [-0.15, -0.1) is 0 Å². The van der Waals surface area contributed by atoms with E-state index in [9.17, 15) is 51.5 Å². The molecule has 24 heteroatoms. The van der Waals surface area contributed by atoms with E-state index < -0.39 is 116 Å². The van der Waals surface area contributed by atoms with Crippen LogP contribution in [0.1, 0.15) is 60.8 Å². The summed E-state index contributed by atoms with van der Waals surface area (Å²) in [6, 6.07) is -3.66. The number of carbonyl (C=O) groups is 8. The molecule has 2 unspecified atom stereocenters. The van der Waals surface area contributed by atoms with Crippen LogP contribution in [0.2, 0.25) is 0 Å². The van der Waals surface area contributed by atoms with E-state index in [0.717, 1.165) is 21.3 Å². The Balaban J connectivity index is 0. The van der Waals surface area contributed by atoms with Crippen LogP contribution < -0.4 is 11.1 Å². The molecule has 6 atom stereocenters. The molecule has 0 saturated carbocycles. The molecule has 5 N–H and O–H groups in total. The number of alkyl carbamates (subject to hydrolysis) is 1. The van der Waals surface area contributed by atoms with Crippen molar-refractivity contribution in [2.75, 3.05) is 61.2 Å². The number of amides is 3. The lowest BCUT2D eigenvalue weighted by Crippen LogP contribution is -2.47. The number of imide groups is 1. The average molecular weight is 849 g/mol. The number of carboxylic acid groups (broad SMARTS) is 2. The highest BCUT2D eigenvalue weighted by Crippen LogP contribution is 2.25. The smallest absolute Gasteiger partial charge is 0.417 e. The molecule has 0 aromatic carbocycles. The van der Waals surface area contributed by atoms with Crippen LogP contribution in [0.25, 0.3) is 0 Å². The fraction of sp³-hybridized carbons (Fsp3) is 0.765. The zero-order valence-corrected chi connectivity index (χ0v) is 33.9. The summed E-state index contributed by atoms with van der Waals surface area (Å²) in [7, 11) is 3.40. The molecular formula is C34H56F3N3O18. The lowest BCUT2D eigenvalue weighted by Gasteiger charge is -2.26. The first kappa shape index (κ1) is 55.3. The van der Waals surface area contributed by atoms with E-state index >= 15 is 0 Å². The molecule has 3 amide bonds. The van der Waals surface area contributed by atoms with E-state index in [1.165, 1.54) is 0 Å². The second-order valence-corrected chi connectivity index (χ2v) is 13.6. The minimum atomic E-state index is -1.38. The van der Waals surface area contributed by atoms with Crippen LogP contribution in [0.3, 0.4) is 0 Å². The van der Waals surface area contributed by atoms with Crippen LogP contribution >= 0.6 is 0 Å². The van der Waals surface area contributed by atoms with E-state index in [4.69, 9.17) is 34.9 Å². The van der Waals surface area contributed by atoms with Gasteiger partial charge in [-0.1, -0.05) is 0 Å². The molecular weight excluding hydrogens is 792 g/mol. The molecule has 1 fully saturated rings. The normalized spacial score (nSPS) is 17.1. The van der Waals surface area contributed by atoms with Crippen LogP contribution in [-0.2, 0) is 66.7 Å². The third-order valence-electron chi connectivity index (χ3n) is 6.67. The highest BCUT2D eigenvalue weighted by molar-refractivity contribution is 6.01. The quantitative estimate of drug-likeness (QED) is 0.105. The zero-order chi connectivity index (χ0) is 45.4. The molecule has 0 spiro atoms. The van der Waals surface area contributed by atoms with E-state index in [1.807, 2.05) is 0 Å². The van der Waals surface area contributed by atoms with E-state index in [-0.39, 0.29) is 39.1 Å². The molecule has 1 rings (SSSR count). The van der Waals surface area contributed by atoms with E-state index in [2.05, 4.69) is 24.3 Å². The lowest BCUT2D eigenvalue weighted by molar-refractivity contribution is -0.157. The Morgan fingerprint density at radius 3 is 1.67 bits per heavy atom. The van der Waals surface area contributed by atoms with Crippen LogP contribution in [0.5, 0.6) is 0 Å². The maximum Gasteiger partial charge on any atom is 0.417 e. The van der Waals surface area contributed by atoms with Crippen molar-refractivity contribution in [2.45, 2.75) is 108 Å². The number of alkyl halides is 3. The summed E-state index contributed by atoms with van der Waals surface area (Å²) >= 11 is 0. The first-order valence-corrected chi connectivity index (χ1v) is 17.4. The summed E-state index contributed by atoms with van der Waals surface area (Å²) in [5.41, 5.74) is 3.50. The zero-order valence-electron chi connectivity index (χ0n) is 33.9. The molecule has 1 heterocycles. The van der Waals surface area contributed by atoms with Crippen molar-refractivity contribution in [3.05, 3.63) is 0 Å². The van der Waals surface area contributed by atoms with Crippen molar-refractivity contribution in [3.63, 3.8) is 0 Å². The van der Waals surface area contributed by atoms with Gasteiger partial charge in [0.05, 0.1) is 41.2 Å². The minimum absolute atomic E-state index is 0.0786. The van der Waals surface area contributed by atoms with Crippen molar-refractivity contribution in [1.29, 1.82) is 0 Å². The van der Waals surface area contributed by atoms with Gasteiger partial charge >= 0.3 is 42.0 Å². The number of halogens is 3. The summed E-state index contributed by atoms with van der Waals surface area (Å²) in [6.07, 6.45) is -6.21. The lowest BCUT2D eigenvalue weighted by atomic mass is 10.1. The first-order valence-electron chi connectivity index (χ1n) is 17.4. The highest BCUT2D eigenvalue weighted by Gasteiger charge is 2.49. The van der Waals surface area contributed by atoms with Crippen LogP contribution in [0.15, 0.2) is 0 Å². The third-order valence-corrected chi connectivity index (χ3v) is 6.67. The second-order valence-electron chi connectivity index (χ2n) is 13.6. The summed E-state index contributed by atoms with van der Waals surface area (Å²) in [6.45, 7) is 6.45. The molecule has 1 aliphatic heterocycles. The Hall–Kier alpha value is -4.81. The Bertz CT molecular complexity index is 1340. The van der Waals surface area contributed by atoms with Gasteiger partial charge < -0.3 is 59.2 Å². The van der Waals surface area contributed by atoms with Gasteiger partial charge in [-0.05, 0) is 41.5 Å². The molecule has 0 radical (unpaired) electrons. The molecule has 0 aromatic rings. The molecule has 0 aliphatic carbocycles. The molecule has 1 saturated heterocycles. The molecule has 21 nitrogen and oxygen atoms in total. The summed E-state index contributed by atoms with van der Waals surface area (Å²) in [5, 5.41) is 19.2. The number of aliphatic carboxylic acids is 2. The Labute approximate surface area is 333 Å². The predicted molar refractivity (Wildman–Crippen MR) is 190 cm³/mol. The topological polar surface area (TPSA) is 292 Å². The number of hydrogen-bond acceptors (Lipinski definition) is 17. The van der Waals surface area contributed by atoms with E-state index in [1.54, 1.807) is 41.5 Å². The number of nitrogens with two attached hydrogens (primary N) is 1. The largest absolute Gasteiger partial charge is 0.480 e. The first-order chi connectivity index (χ1) is 26.8. The van der Waals surface area contributed by atoms with Crippen LogP contribution in [0, 0.1) is 0 Å². The van der Waals surface area contributed by atoms with Gasteiger partial charge in [0.25, 0.3) is 5.91 Å². The number of nitrogens with zero attached hydrogens (tertiary/aromatic N) is 1. The van der Waals surface area contributed by atoms with Gasteiger partial charge in [0.2, 0.25) is 0 Å². The second kappa shape index (κ2) is 27.8. The van der Waals surface area contributed by atoms with Crippen molar-refractivity contribution in [2.24, 2.45) is 5.73 Å². The standard InChI is InChI=1S/C14H24FNO7.C13H20FNO6.C7H12FNO5/c1-14(2,3)23-13(19)16-9(11(17)20-4)8-10(12(18)21-5)22-7-6-15;1-13(2,3)21-12(18)15-8(11(17)19-4)7-9(10(15)16)20-6-5-14;8-1-2-14-5(7(12)13)3-4(9)6(10)11/h9-10H,6-8H2,1-5H3,(H,16,19);8-9H,5-7H2,1-4H3;4-5H,1-3,9H2,(H,10,11)(H,12,13)/t9-,10?;8-,9+;4-,5?/m000/s1/i15-1;14-1;8-1. The third kappa shape index (κ3) is 22.8. The van der Waals surface area contributed by atoms with Gasteiger partial charge in [0.15, 0.2) is 12.2 Å². The monoisotopic (exact) mass is 848 g/mol. The number of carboxylic acids is 2. The number of carbonyl (C=O) groups excluding carboxylic acids is 6. The maximum atomic E-state index is 12.2. The van der Waals surface area contributed by atoms with Crippen molar-refractivity contribution < 1.29 is 99.6 Å². The minimum Gasteiger partial charge on any atom is -0.480 e. The number of nitrogens with one attached hydrogen (secondary N) is 1. The summed E-state index contributed by atoms with van der Waals surface area (Å²) in [4.78, 5) is 92.5. The Kier molecular flexibility index (Phi) is 26.5. The average Bonchev–Trinajstić information content (AvgIpc) is 3.46. The molecule has 1 aliphatic rings. The van der Waals surface area contributed by atoms with Crippen LogP contribution in [-0.4, -0.2) is 172 Å². The molecule has 58 heavy (non-hydrogen) atoms. The van der Waals surface area contributed by atoms with E-state index in [0.29, 0.717) is 4.90 Å². The fourth-order valence-corrected chi connectivity index (χ4v) is 4.24. The number of likely N-dealkylation sites (tertiary alicyclic amines) is 1. The van der Waals surface area contributed by atoms with Crippen molar-refractivity contribution >= 4 is 47.9 Å². The predicted octanol–water partition coefficient (Wildman–Crippen LogP) is 1.25. The van der Waals surface area contributed by atoms with Gasteiger partial charge in [0.1, 0.15) is 55.5 Å². The van der Waals surface area contributed by atoms with Gasteiger partial charge in [-0.2, -0.15) is 0 Å².